The Labute approximate surface area is 127 Å². The molecule has 0 spiro atoms. The average Bonchev–Trinajstić information content (AvgIpc) is 2.41. The highest BCUT2D eigenvalue weighted by atomic mass is 79.9. The quantitative estimate of drug-likeness (QED) is 0.856. The number of carbonyl (C=O) groups is 2. The van der Waals surface area contributed by atoms with Crippen molar-refractivity contribution in [2.45, 2.75) is 25.8 Å². The van der Waals surface area contributed by atoms with Crippen LogP contribution in [0.15, 0.2) is 28.7 Å². The van der Waals surface area contributed by atoms with Gasteiger partial charge in [0, 0.05) is 22.6 Å². The van der Waals surface area contributed by atoms with Crippen LogP contribution in [0.25, 0.3) is 0 Å². The summed E-state index contributed by atoms with van der Waals surface area (Å²) >= 11 is 3.40. The summed E-state index contributed by atoms with van der Waals surface area (Å²) in [6, 6.07) is 7.71. The molecule has 0 aromatic heterocycles. The second-order valence-corrected chi connectivity index (χ2v) is 6.21. The second-order valence-electron chi connectivity index (χ2n) is 5.36. The van der Waals surface area contributed by atoms with Crippen molar-refractivity contribution >= 4 is 27.6 Å². The van der Waals surface area contributed by atoms with Crippen LogP contribution in [-0.4, -0.2) is 35.7 Å². The van der Waals surface area contributed by atoms with Gasteiger partial charge in [0.05, 0.1) is 12.5 Å². The molecule has 0 aliphatic carbocycles. The number of halogens is 1. The number of rotatable bonds is 4. The van der Waals surface area contributed by atoms with E-state index in [1.165, 1.54) is 0 Å². The minimum absolute atomic E-state index is 0.0643. The van der Waals surface area contributed by atoms with Crippen LogP contribution in [0.5, 0.6) is 0 Å². The molecule has 2 N–H and O–H groups in total. The van der Waals surface area contributed by atoms with Gasteiger partial charge in [-0.2, -0.15) is 0 Å². The summed E-state index contributed by atoms with van der Waals surface area (Å²) in [6.07, 6.45) is 1.72. The number of Topliss-reactive ketones (excluding diaryl/α,β-unsaturated/α-hetero) is 1. The number of ketones is 1. The molecule has 2 rings (SSSR count). The van der Waals surface area contributed by atoms with Gasteiger partial charge in [-0.1, -0.05) is 34.1 Å². The first kappa shape index (κ1) is 15.2. The average molecular weight is 339 g/mol. The lowest BCUT2D eigenvalue weighted by Gasteiger charge is -2.36. The third-order valence-electron chi connectivity index (χ3n) is 3.93. The van der Waals surface area contributed by atoms with Crippen LogP contribution >= 0.6 is 15.9 Å². The number of primary amides is 1. The van der Waals surface area contributed by atoms with Crippen molar-refractivity contribution in [2.24, 2.45) is 11.7 Å². The molecule has 1 fully saturated rings. The van der Waals surface area contributed by atoms with E-state index in [1.807, 2.05) is 24.3 Å². The summed E-state index contributed by atoms with van der Waals surface area (Å²) in [4.78, 5) is 25.7. The fraction of sp³-hybridized carbons (Fsp3) is 0.467. The van der Waals surface area contributed by atoms with Gasteiger partial charge < -0.3 is 5.73 Å². The molecule has 5 heteroatoms. The molecule has 108 valence electrons. The minimum Gasteiger partial charge on any atom is -0.369 e. The maximum absolute atomic E-state index is 12.4. The van der Waals surface area contributed by atoms with Crippen molar-refractivity contribution in [2.75, 3.05) is 13.1 Å². The predicted octanol–water partition coefficient (Wildman–Crippen LogP) is 2.22. The van der Waals surface area contributed by atoms with Crippen molar-refractivity contribution in [3.05, 3.63) is 34.3 Å². The number of nitrogens with zero attached hydrogens (tertiary/aromatic N) is 1. The van der Waals surface area contributed by atoms with Gasteiger partial charge in [0.1, 0.15) is 0 Å². The topological polar surface area (TPSA) is 63.4 Å². The van der Waals surface area contributed by atoms with E-state index in [0.717, 1.165) is 17.3 Å². The van der Waals surface area contributed by atoms with Crippen molar-refractivity contribution < 1.29 is 9.59 Å². The first-order chi connectivity index (χ1) is 9.49. The van der Waals surface area contributed by atoms with E-state index in [1.54, 1.807) is 0 Å². The van der Waals surface area contributed by atoms with Crippen molar-refractivity contribution in [3.63, 3.8) is 0 Å². The Hall–Kier alpha value is -1.20. The van der Waals surface area contributed by atoms with E-state index in [2.05, 4.69) is 27.8 Å². The van der Waals surface area contributed by atoms with Crippen LogP contribution in [0.3, 0.4) is 0 Å². The molecular weight excluding hydrogens is 320 g/mol. The summed E-state index contributed by atoms with van der Waals surface area (Å²) in [5.41, 5.74) is 6.06. The van der Waals surface area contributed by atoms with E-state index >= 15 is 0 Å². The van der Waals surface area contributed by atoms with Crippen LogP contribution < -0.4 is 5.73 Å². The van der Waals surface area contributed by atoms with Gasteiger partial charge in [-0.15, -0.1) is 0 Å². The molecule has 1 saturated heterocycles. The molecule has 2 atom stereocenters. The summed E-state index contributed by atoms with van der Waals surface area (Å²) < 4.78 is 0.807. The number of amides is 1. The molecular formula is C15H19BrN2O2. The van der Waals surface area contributed by atoms with Crippen LogP contribution in [0.4, 0.5) is 0 Å². The van der Waals surface area contributed by atoms with E-state index in [-0.39, 0.29) is 17.6 Å². The first-order valence-corrected chi connectivity index (χ1v) is 7.59. The molecule has 1 aromatic carbocycles. The number of piperidine rings is 1. The molecule has 1 heterocycles. The predicted molar refractivity (Wildman–Crippen MR) is 81.4 cm³/mol. The highest BCUT2D eigenvalue weighted by molar-refractivity contribution is 9.10. The van der Waals surface area contributed by atoms with Crippen molar-refractivity contribution in [1.82, 2.24) is 4.90 Å². The largest absolute Gasteiger partial charge is 0.369 e. The lowest BCUT2D eigenvalue weighted by molar-refractivity contribution is -0.123. The highest BCUT2D eigenvalue weighted by Crippen LogP contribution is 2.23. The Balaban J connectivity index is 2.06. The standard InChI is InChI=1S/C15H19BrN2O2/c1-10-6-7-11(15(17)20)8-18(10)9-14(19)12-4-2-3-5-13(12)16/h2-5,10-11H,6-9H2,1H3,(H2,17,20). The lowest BCUT2D eigenvalue weighted by atomic mass is 9.92. The zero-order valence-electron chi connectivity index (χ0n) is 11.5. The molecule has 20 heavy (non-hydrogen) atoms. The number of benzene rings is 1. The molecule has 2 unspecified atom stereocenters. The number of nitrogens with two attached hydrogens (primary N) is 1. The van der Waals surface area contributed by atoms with Gasteiger partial charge in [-0.3, -0.25) is 14.5 Å². The Kier molecular flexibility index (Phi) is 4.94. The van der Waals surface area contributed by atoms with E-state index in [4.69, 9.17) is 5.73 Å². The van der Waals surface area contributed by atoms with Gasteiger partial charge in [0.2, 0.25) is 5.91 Å². The Morgan fingerprint density at radius 2 is 2.05 bits per heavy atom. The van der Waals surface area contributed by atoms with Crippen LogP contribution in [-0.2, 0) is 4.79 Å². The highest BCUT2D eigenvalue weighted by Gasteiger charge is 2.30. The first-order valence-electron chi connectivity index (χ1n) is 6.80. The Morgan fingerprint density at radius 3 is 2.70 bits per heavy atom. The monoisotopic (exact) mass is 338 g/mol. The van der Waals surface area contributed by atoms with Crippen LogP contribution in [0.2, 0.25) is 0 Å². The fourth-order valence-corrected chi connectivity index (χ4v) is 3.09. The molecule has 4 nitrogen and oxygen atoms in total. The van der Waals surface area contributed by atoms with Gasteiger partial charge in [0.15, 0.2) is 5.78 Å². The molecule has 1 aliphatic heterocycles. The third kappa shape index (κ3) is 3.46. The van der Waals surface area contributed by atoms with Crippen molar-refractivity contribution in [3.8, 4) is 0 Å². The smallest absolute Gasteiger partial charge is 0.221 e. The summed E-state index contributed by atoms with van der Waals surface area (Å²) in [5, 5.41) is 0. The number of carbonyl (C=O) groups excluding carboxylic acids is 2. The zero-order chi connectivity index (χ0) is 14.7. The third-order valence-corrected chi connectivity index (χ3v) is 4.63. The van der Waals surface area contributed by atoms with E-state index in [9.17, 15) is 9.59 Å². The summed E-state index contributed by atoms with van der Waals surface area (Å²) in [6.45, 7) is 2.99. The minimum atomic E-state index is -0.268. The Bertz CT molecular complexity index is 518. The zero-order valence-corrected chi connectivity index (χ0v) is 13.1. The lowest BCUT2D eigenvalue weighted by Crippen LogP contribution is -2.47. The summed E-state index contributed by atoms with van der Waals surface area (Å²) in [7, 11) is 0. The molecule has 1 aliphatic rings. The maximum atomic E-state index is 12.4. The number of likely N-dealkylation sites (tertiary alicyclic amines) is 1. The van der Waals surface area contributed by atoms with Gasteiger partial charge in [-0.05, 0) is 25.8 Å². The Morgan fingerprint density at radius 1 is 1.35 bits per heavy atom. The molecule has 1 aromatic rings. The van der Waals surface area contributed by atoms with Gasteiger partial charge in [-0.25, -0.2) is 0 Å². The van der Waals surface area contributed by atoms with Crippen LogP contribution in [0, 0.1) is 5.92 Å². The molecule has 0 bridgehead atoms. The van der Waals surface area contributed by atoms with E-state index < -0.39 is 0 Å². The fourth-order valence-electron chi connectivity index (χ4n) is 2.59. The number of hydrogen-bond donors (Lipinski definition) is 1. The number of hydrogen-bond acceptors (Lipinski definition) is 3. The van der Waals surface area contributed by atoms with Crippen LogP contribution in [0.1, 0.15) is 30.1 Å². The second kappa shape index (κ2) is 6.50. The van der Waals surface area contributed by atoms with Gasteiger partial charge in [0.25, 0.3) is 0 Å². The maximum Gasteiger partial charge on any atom is 0.221 e. The normalized spacial score (nSPS) is 23.5. The van der Waals surface area contributed by atoms with E-state index in [0.29, 0.717) is 24.7 Å². The summed E-state index contributed by atoms with van der Waals surface area (Å²) in [5.74, 6) is -0.345. The SMILES string of the molecule is CC1CCC(C(N)=O)CN1CC(=O)c1ccccc1Br. The molecule has 0 radical (unpaired) electrons. The van der Waals surface area contributed by atoms with Gasteiger partial charge >= 0.3 is 0 Å². The molecule has 0 saturated carbocycles. The molecule has 1 amide bonds. The van der Waals surface area contributed by atoms with Crippen molar-refractivity contribution in [1.29, 1.82) is 0 Å².